The van der Waals surface area contributed by atoms with E-state index in [1.165, 1.54) is 0 Å². The number of methoxy groups -OCH3 is 3. The predicted molar refractivity (Wildman–Crippen MR) is 125 cm³/mol. The maximum Gasteiger partial charge on any atom is 0.229 e. The Hall–Kier alpha value is -3.53. The van der Waals surface area contributed by atoms with Crippen molar-refractivity contribution in [3.63, 3.8) is 0 Å². The Kier molecular flexibility index (Phi) is 6.83. The minimum absolute atomic E-state index is 0.298. The quantitative estimate of drug-likeness (QED) is 0.519. The molecule has 0 aliphatic carbocycles. The molecule has 176 valence electrons. The Labute approximate surface area is 193 Å². The zero-order valence-electron chi connectivity index (χ0n) is 19.6. The van der Waals surface area contributed by atoms with Gasteiger partial charge in [-0.15, -0.1) is 0 Å². The van der Waals surface area contributed by atoms with Gasteiger partial charge in [0.1, 0.15) is 11.6 Å². The zero-order valence-corrected chi connectivity index (χ0v) is 19.6. The van der Waals surface area contributed by atoms with Gasteiger partial charge in [0, 0.05) is 42.8 Å². The molecule has 1 fully saturated rings. The smallest absolute Gasteiger partial charge is 0.229 e. The van der Waals surface area contributed by atoms with Crippen molar-refractivity contribution >= 4 is 23.3 Å². The van der Waals surface area contributed by atoms with Crippen molar-refractivity contribution in [1.82, 2.24) is 19.7 Å². The minimum Gasteiger partial charge on any atom is -0.493 e. The van der Waals surface area contributed by atoms with Crippen LogP contribution in [0.25, 0.3) is 0 Å². The molecule has 3 heterocycles. The van der Waals surface area contributed by atoms with Crippen LogP contribution in [0.5, 0.6) is 17.2 Å². The summed E-state index contributed by atoms with van der Waals surface area (Å²) in [5.41, 5.74) is 2.80. The van der Waals surface area contributed by atoms with Gasteiger partial charge >= 0.3 is 0 Å². The summed E-state index contributed by atoms with van der Waals surface area (Å²) in [4.78, 5) is 9.00. The summed E-state index contributed by atoms with van der Waals surface area (Å²) in [6, 6.07) is 5.74. The number of nitrogens with one attached hydrogen (secondary N) is 2. The normalized spacial score (nSPS) is 14.1. The lowest BCUT2D eigenvalue weighted by molar-refractivity contribution is 0.0668. The van der Waals surface area contributed by atoms with Crippen LogP contribution in [0.1, 0.15) is 30.1 Å². The lowest BCUT2D eigenvalue weighted by atomic mass is 10.1. The Morgan fingerprint density at radius 3 is 2.33 bits per heavy atom. The van der Waals surface area contributed by atoms with E-state index in [0.717, 1.165) is 43.1 Å². The highest BCUT2D eigenvalue weighted by atomic mass is 16.5. The molecule has 1 saturated heterocycles. The van der Waals surface area contributed by atoms with Crippen molar-refractivity contribution < 1.29 is 18.9 Å². The van der Waals surface area contributed by atoms with E-state index in [2.05, 4.69) is 32.2 Å². The van der Waals surface area contributed by atoms with E-state index in [1.54, 1.807) is 39.7 Å². The lowest BCUT2D eigenvalue weighted by Gasteiger charge is -2.24. The fourth-order valence-electron chi connectivity index (χ4n) is 3.87. The number of hydrogen-bond acceptors (Lipinski definition) is 9. The molecule has 33 heavy (non-hydrogen) atoms. The van der Waals surface area contributed by atoms with Gasteiger partial charge in [-0.05, 0) is 32.8 Å². The van der Waals surface area contributed by atoms with E-state index >= 15 is 0 Å². The SMILES string of the molecule is COc1cc(Nc2nccc(Nc3c(C)c(C)nn3C3CCOCC3)n2)cc(OC)c1OC. The Morgan fingerprint density at radius 1 is 1.00 bits per heavy atom. The van der Waals surface area contributed by atoms with Gasteiger partial charge in [-0.2, -0.15) is 10.1 Å². The molecule has 0 bridgehead atoms. The predicted octanol–water partition coefficient (Wildman–Crippen LogP) is 4.15. The van der Waals surface area contributed by atoms with Gasteiger partial charge in [-0.3, -0.25) is 0 Å². The third kappa shape index (κ3) is 4.80. The zero-order chi connectivity index (χ0) is 23.4. The molecule has 0 spiro atoms. The van der Waals surface area contributed by atoms with Crippen LogP contribution in [-0.2, 0) is 4.74 Å². The molecule has 0 atom stereocenters. The summed E-state index contributed by atoms with van der Waals surface area (Å²) in [7, 11) is 4.72. The van der Waals surface area contributed by atoms with E-state index in [9.17, 15) is 0 Å². The highest BCUT2D eigenvalue weighted by molar-refractivity contribution is 5.66. The number of rotatable bonds is 8. The number of aromatic nitrogens is 4. The Bertz CT molecular complexity index is 1090. The second-order valence-corrected chi connectivity index (χ2v) is 7.78. The van der Waals surface area contributed by atoms with Crippen molar-refractivity contribution in [3.05, 3.63) is 35.7 Å². The molecule has 1 aliphatic heterocycles. The molecule has 0 unspecified atom stereocenters. The molecular formula is C23H30N6O4. The second-order valence-electron chi connectivity index (χ2n) is 7.78. The van der Waals surface area contributed by atoms with Crippen molar-refractivity contribution in [3.8, 4) is 17.2 Å². The van der Waals surface area contributed by atoms with Gasteiger partial charge in [0.05, 0.1) is 33.1 Å². The van der Waals surface area contributed by atoms with Crippen molar-refractivity contribution in [2.45, 2.75) is 32.7 Å². The van der Waals surface area contributed by atoms with E-state index in [4.69, 9.17) is 24.0 Å². The molecule has 1 aliphatic rings. The van der Waals surface area contributed by atoms with Gasteiger partial charge in [-0.25, -0.2) is 9.67 Å². The first kappa shape index (κ1) is 22.7. The average molecular weight is 455 g/mol. The molecule has 3 aromatic rings. The van der Waals surface area contributed by atoms with Gasteiger partial charge in [-0.1, -0.05) is 0 Å². The largest absolute Gasteiger partial charge is 0.493 e. The van der Waals surface area contributed by atoms with Crippen molar-refractivity contribution in [2.75, 3.05) is 45.2 Å². The number of aryl methyl sites for hydroxylation is 1. The van der Waals surface area contributed by atoms with Crippen LogP contribution in [0.3, 0.4) is 0 Å². The number of anilines is 4. The van der Waals surface area contributed by atoms with Crippen LogP contribution in [-0.4, -0.2) is 54.3 Å². The van der Waals surface area contributed by atoms with Gasteiger partial charge in [0.2, 0.25) is 11.7 Å². The first-order valence-electron chi connectivity index (χ1n) is 10.8. The van der Waals surface area contributed by atoms with Crippen LogP contribution in [0, 0.1) is 13.8 Å². The fourth-order valence-corrected chi connectivity index (χ4v) is 3.87. The van der Waals surface area contributed by atoms with Crippen LogP contribution in [0.15, 0.2) is 24.4 Å². The van der Waals surface area contributed by atoms with Crippen molar-refractivity contribution in [2.24, 2.45) is 0 Å². The Balaban J connectivity index is 1.59. The third-order valence-corrected chi connectivity index (χ3v) is 5.74. The number of hydrogen-bond donors (Lipinski definition) is 2. The molecule has 0 saturated carbocycles. The highest BCUT2D eigenvalue weighted by Gasteiger charge is 2.22. The molecule has 4 rings (SSSR count). The summed E-state index contributed by atoms with van der Waals surface area (Å²) >= 11 is 0. The maximum atomic E-state index is 5.52. The third-order valence-electron chi connectivity index (χ3n) is 5.74. The van der Waals surface area contributed by atoms with Crippen LogP contribution >= 0.6 is 0 Å². The van der Waals surface area contributed by atoms with Crippen LogP contribution in [0.4, 0.5) is 23.3 Å². The Morgan fingerprint density at radius 2 is 1.70 bits per heavy atom. The average Bonchev–Trinajstić information content (AvgIpc) is 3.12. The van der Waals surface area contributed by atoms with Crippen LogP contribution < -0.4 is 24.8 Å². The summed E-state index contributed by atoms with van der Waals surface area (Å²) in [5.74, 6) is 3.64. The molecule has 1 aromatic carbocycles. The standard InChI is InChI=1S/C23H30N6O4/c1-14-15(2)28-29(17-7-10-33-11-8-17)22(14)26-20-6-9-24-23(27-20)25-16-12-18(30-3)21(32-5)19(13-16)31-4/h6,9,12-13,17H,7-8,10-11H2,1-5H3,(H2,24,25,26,27). The summed E-state index contributed by atoms with van der Waals surface area (Å²) < 4.78 is 23.8. The van der Waals surface area contributed by atoms with E-state index in [1.807, 2.05) is 13.0 Å². The molecule has 10 nitrogen and oxygen atoms in total. The number of benzene rings is 1. The molecule has 2 aromatic heterocycles. The van der Waals surface area contributed by atoms with Crippen molar-refractivity contribution in [1.29, 1.82) is 0 Å². The summed E-state index contributed by atoms with van der Waals surface area (Å²) in [6.45, 7) is 5.58. The first-order chi connectivity index (χ1) is 16.0. The second kappa shape index (κ2) is 9.95. The summed E-state index contributed by atoms with van der Waals surface area (Å²) in [6.07, 6.45) is 3.58. The number of ether oxygens (including phenoxy) is 4. The summed E-state index contributed by atoms with van der Waals surface area (Å²) in [5, 5.41) is 11.4. The highest BCUT2D eigenvalue weighted by Crippen LogP contribution is 2.40. The van der Waals surface area contributed by atoms with E-state index in [0.29, 0.717) is 40.7 Å². The van der Waals surface area contributed by atoms with Crippen LogP contribution in [0.2, 0.25) is 0 Å². The molecule has 10 heteroatoms. The van der Waals surface area contributed by atoms with Gasteiger partial charge < -0.3 is 29.6 Å². The minimum atomic E-state index is 0.298. The molecule has 0 radical (unpaired) electrons. The van der Waals surface area contributed by atoms with E-state index in [-0.39, 0.29) is 0 Å². The molecular weight excluding hydrogens is 424 g/mol. The molecule has 2 N–H and O–H groups in total. The topological polar surface area (TPSA) is 105 Å². The number of nitrogens with zero attached hydrogens (tertiary/aromatic N) is 4. The van der Waals surface area contributed by atoms with E-state index < -0.39 is 0 Å². The van der Waals surface area contributed by atoms with Gasteiger partial charge in [0.25, 0.3) is 0 Å². The lowest BCUT2D eigenvalue weighted by Crippen LogP contribution is -2.21. The monoisotopic (exact) mass is 454 g/mol. The maximum absolute atomic E-state index is 5.52. The molecule has 0 amide bonds. The van der Waals surface area contributed by atoms with Gasteiger partial charge in [0.15, 0.2) is 11.5 Å². The fraction of sp³-hybridized carbons (Fsp3) is 0.435. The first-order valence-corrected chi connectivity index (χ1v) is 10.8.